The van der Waals surface area contributed by atoms with Gasteiger partial charge in [0, 0.05) is 17.7 Å². The van der Waals surface area contributed by atoms with Crippen LogP contribution in [0.4, 0.5) is 5.82 Å². The second-order valence-electron chi connectivity index (χ2n) is 5.79. The number of nitrogens with one attached hydrogen (secondary N) is 1. The number of rotatable bonds is 7. The van der Waals surface area contributed by atoms with E-state index in [1.54, 1.807) is 44.4 Å². The number of aromatic nitrogens is 1. The maximum absolute atomic E-state index is 12.9. The lowest BCUT2D eigenvalue weighted by Gasteiger charge is -2.28. The van der Waals surface area contributed by atoms with Crippen molar-refractivity contribution in [3.8, 4) is 5.75 Å². The van der Waals surface area contributed by atoms with E-state index in [4.69, 9.17) is 9.26 Å². The normalized spacial score (nSPS) is 11.7. The first kappa shape index (κ1) is 18.5. The molecule has 1 aromatic heterocycles. The predicted octanol–water partition coefficient (Wildman–Crippen LogP) is 2.87. The van der Waals surface area contributed by atoms with Gasteiger partial charge in [0.15, 0.2) is 5.82 Å². The van der Waals surface area contributed by atoms with Crippen LogP contribution in [0, 0.1) is 6.92 Å². The fraction of sp³-hybridized carbons (Fsp3) is 0.389. The Morgan fingerprint density at radius 3 is 2.72 bits per heavy atom. The summed E-state index contributed by atoms with van der Waals surface area (Å²) in [5.41, 5.74) is 0.477. The van der Waals surface area contributed by atoms with Crippen LogP contribution in [0.15, 0.2) is 34.9 Å². The van der Waals surface area contributed by atoms with Gasteiger partial charge in [0.2, 0.25) is 5.91 Å². The zero-order valence-electron chi connectivity index (χ0n) is 14.9. The molecule has 1 atom stereocenters. The molecule has 0 radical (unpaired) electrons. The number of hydrogen-bond donors (Lipinski definition) is 1. The number of nitrogens with zero attached hydrogens (tertiary/aromatic N) is 2. The Labute approximate surface area is 146 Å². The van der Waals surface area contributed by atoms with Crippen molar-refractivity contribution >= 4 is 17.6 Å². The fourth-order valence-electron chi connectivity index (χ4n) is 2.33. The summed E-state index contributed by atoms with van der Waals surface area (Å²) < 4.78 is 10.1. The highest BCUT2D eigenvalue weighted by atomic mass is 16.5. The van der Waals surface area contributed by atoms with Crippen molar-refractivity contribution in [1.82, 2.24) is 10.1 Å². The Morgan fingerprint density at radius 1 is 1.36 bits per heavy atom. The van der Waals surface area contributed by atoms with E-state index in [1.165, 1.54) is 4.90 Å². The zero-order valence-corrected chi connectivity index (χ0v) is 14.9. The number of carbonyl (C=O) groups excluding carboxylic acids is 2. The molecule has 1 aromatic carbocycles. The number of hydrogen-bond acceptors (Lipinski definition) is 5. The van der Waals surface area contributed by atoms with Gasteiger partial charge in [0.05, 0.1) is 7.11 Å². The molecule has 2 aromatic rings. The lowest BCUT2D eigenvalue weighted by Crippen LogP contribution is -2.43. The Bertz CT molecular complexity index is 741. The first-order valence-electron chi connectivity index (χ1n) is 8.12. The van der Waals surface area contributed by atoms with Crippen molar-refractivity contribution in [2.24, 2.45) is 0 Å². The second kappa shape index (κ2) is 8.32. The van der Waals surface area contributed by atoms with Crippen LogP contribution in [0.1, 0.15) is 36.4 Å². The number of anilines is 1. The number of aryl methyl sites for hydroxylation is 1. The van der Waals surface area contributed by atoms with Crippen LogP contribution < -0.4 is 10.1 Å². The van der Waals surface area contributed by atoms with E-state index in [-0.39, 0.29) is 24.4 Å². The Kier molecular flexibility index (Phi) is 6.16. The molecule has 7 heteroatoms. The molecule has 0 spiro atoms. The van der Waals surface area contributed by atoms with Crippen molar-refractivity contribution in [2.45, 2.75) is 33.2 Å². The molecule has 0 bridgehead atoms. The molecular formula is C18H23N3O4. The van der Waals surface area contributed by atoms with Crippen LogP contribution in [-0.2, 0) is 4.79 Å². The third-order valence-corrected chi connectivity index (χ3v) is 3.91. The van der Waals surface area contributed by atoms with E-state index in [0.29, 0.717) is 22.9 Å². The molecule has 0 aliphatic rings. The van der Waals surface area contributed by atoms with E-state index in [9.17, 15) is 9.59 Å². The first-order valence-corrected chi connectivity index (χ1v) is 8.12. The van der Waals surface area contributed by atoms with Crippen LogP contribution in [0.3, 0.4) is 0 Å². The molecule has 0 saturated carbocycles. The summed E-state index contributed by atoms with van der Waals surface area (Å²) in [4.78, 5) is 26.7. The monoisotopic (exact) mass is 345 g/mol. The van der Waals surface area contributed by atoms with Gasteiger partial charge < -0.3 is 19.5 Å². The standard InChI is InChI=1S/C18H23N3O4/c1-5-12(2)21(11-17(22)19-16-9-13(3)25-20-16)18(23)14-7-6-8-15(10-14)24-4/h6-10,12H,5,11H2,1-4H3,(H,19,20,22)/t12-/m0/s1. The van der Waals surface area contributed by atoms with Crippen LogP contribution in [0.2, 0.25) is 0 Å². The van der Waals surface area contributed by atoms with Gasteiger partial charge in [-0.1, -0.05) is 18.1 Å². The van der Waals surface area contributed by atoms with Gasteiger partial charge in [-0.15, -0.1) is 0 Å². The number of methoxy groups -OCH3 is 1. The van der Waals surface area contributed by atoms with Gasteiger partial charge in [-0.05, 0) is 38.5 Å². The molecule has 7 nitrogen and oxygen atoms in total. The van der Waals surface area contributed by atoms with E-state index < -0.39 is 0 Å². The highest BCUT2D eigenvalue weighted by Gasteiger charge is 2.23. The molecule has 1 N–H and O–H groups in total. The minimum atomic E-state index is -0.329. The van der Waals surface area contributed by atoms with E-state index >= 15 is 0 Å². The van der Waals surface area contributed by atoms with Crippen LogP contribution >= 0.6 is 0 Å². The van der Waals surface area contributed by atoms with Crippen LogP contribution in [-0.4, -0.2) is 41.6 Å². The lowest BCUT2D eigenvalue weighted by atomic mass is 10.1. The quantitative estimate of drug-likeness (QED) is 0.834. The van der Waals surface area contributed by atoms with Crippen molar-refractivity contribution in [2.75, 3.05) is 19.0 Å². The molecule has 0 fully saturated rings. The average Bonchev–Trinajstić information content (AvgIpc) is 3.03. The first-order chi connectivity index (χ1) is 11.9. The topological polar surface area (TPSA) is 84.7 Å². The molecule has 1 heterocycles. The SMILES string of the molecule is CC[C@H](C)N(CC(=O)Nc1cc(C)on1)C(=O)c1cccc(OC)c1. The largest absolute Gasteiger partial charge is 0.497 e. The smallest absolute Gasteiger partial charge is 0.254 e. The summed E-state index contributed by atoms with van der Waals surface area (Å²) >= 11 is 0. The number of carbonyl (C=O) groups is 2. The summed E-state index contributed by atoms with van der Waals surface area (Å²) in [5, 5.41) is 6.37. The predicted molar refractivity (Wildman–Crippen MR) is 93.7 cm³/mol. The molecular weight excluding hydrogens is 322 g/mol. The average molecular weight is 345 g/mol. The second-order valence-corrected chi connectivity index (χ2v) is 5.79. The molecule has 25 heavy (non-hydrogen) atoms. The summed E-state index contributed by atoms with van der Waals surface area (Å²) in [6, 6.07) is 8.41. The molecule has 2 amide bonds. The zero-order chi connectivity index (χ0) is 18.4. The van der Waals surface area contributed by atoms with Gasteiger partial charge in [0.1, 0.15) is 18.1 Å². The summed E-state index contributed by atoms with van der Waals surface area (Å²) in [6.07, 6.45) is 0.728. The van der Waals surface area contributed by atoms with Gasteiger partial charge in [-0.2, -0.15) is 0 Å². The van der Waals surface area contributed by atoms with Gasteiger partial charge in [-0.25, -0.2) is 0 Å². The maximum atomic E-state index is 12.9. The van der Waals surface area contributed by atoms with Gasteiger partial charge in [0.25, 0.3) is 5.91 Å². The van der Waals surface area contributed by atoms with Crippen molar-refractivity contribution < 1.29 is 18.8 Å². The fourth-order valence-corrected chi connectivity index (χ4v) is 2.33. The number of amides is 2. The van der Waals surface area contributed by atoms with E-state index in [2.05, 4.69) is 10.5 Å². The van der Waals surface area contributed by atoms with Crippen molar-refractivity contribution in [1.29, 1.82) is 0 Å². The highest BCUT2D eigenvalue weighted by molar-refractivity contribution is 5.99. The molecule has 134 valence electrons. The minimum Gasteiger partial charge on any atom is -0.497 e. The summed E-state index contributed by atoms with van der Waals surface area (Å²) in [7, 11) is 1.55. The van der Waals surface area contributed by atoms with Crippen LogP contribution in [0.25, 0.3) is 0 Å². The van der Waals surface area contributed by atoms with Crippen LogP contribution in [0.5, 0.6) is 5.75 Å². The molecule has 0 unspecified atom stereocenters. The molecule has 0 aliphatic heterocycles. The maximum Gasteiger partial charge on any atom is 0.254 e. The number of ether oxygens (including phenoxy) is 1. The molecule has 0 aliphatic carbocycles. The Hall–Kier alpha value is -2.83. The minimum absolute atomic E-state index is 0.0725. The number of benzene rings is 1. The summed E-state index contributed by atoms with van der Waals surface area (Å²) in [5.74, 6) is 0.976. The van der Waals surface area contributed by atoms with Crippen molar-refractivity contribution in [3.63, 3.8) is 0 Å². The van der Waals surface area contributed by atoms with Gasteiger partial charge in [-0.3, -0.25) is 9.59 Å². The molecule has 2 rings (SSSR count). The summed E-state index contributed by atoms with van der Waals surface area (Å²) in [6.45, 7) is 5.54. The van der Waals surface area contributed by atoms with E-state index in [0.717, 1.165) is 6.42 Å². The Morgan fingerprint density at radius 2 is 2.12 bits per heavy atom. The molecule has 0 saturated heterocycles. The third kappa shape index (κ3) is 4.82. The van der Waals surface area contributed by atoms with Gasteiger partial charge >= 0.3 is 0 Å². The van der Waals surface area contributed by atoms with E-state index in [1.807, 2.05) is 13.8 Å². The lowest BCUT2D eigenvalue weighted by molar-refractivity contribution is -0.117. The third-order valence-electron chi connectivity index (χ3n) is 3.91. The van der Waals surface area contributed by atoms with Crippen molar-refractivity contribution in [3.05, 3.63) is 41.7 Å². The Balaban J connectivity index is 2.14. The highest BCUT2D eigenvalue weighted by Crippen LogP contribution is 2.17.